The fraction of sp³-hybridized carbons (Fsp3) is 0.712. The molecule has 0 aliphatic carbocycles. The van der Waals surface area contributed by atoms with E-state index in [1.54, 1.807) is 6.08 Å². The van der Waals surface area contributed by atoms with E-state index in [-0.39, 0.29) is 12.3 Å². The summed E-state index contributed by atoms with van der Waals surface area (Å²) in [6.07, 6.45) is 24.1. The first-order valence-corrected chi connectivity index (χ1v) is 28.5. The van der Waals surface area contributed by atoms with Crippen LogP contribution in [0.1, 0.15) is 136 Å². The second-order valence-electron chi connectivity index (χ2n) is 20.0. The number of rotatable bonds is 39. The van der Waals surface area contributed by atoms with Crippen LogP contribution in [-0.4, -0.2) is 193 Å². The van der Waals surface area contributed by atoms with Crippen LogP contribution in [0.2, 0.25) is 0 Å². The normalized spacial score (nSPS) is 31.2. The molecule has 12 N–H and O–H groups in total. The summed E-state index contributed by atoms with van der Waals surface area (Å²) in [6, 6.07) is -1.04. The van der Waals surface area contributed by atoms with Gasteiger partial charge in [-0.1, -0.05) is 156 Å². The van der Waals surface area contributed by atoms with Crippen LogP contribution < -0.4 is 5.32 Å². The van der Waals surface area contributed by atoms with Crippen molar-refractivity contribution >= 4 is 5.91 Å². The first-order chi connectivity index (χ1) is 37.8. The number of ether oxygens (including phenoxy) is 6. The van der Waals surface area contributed by atoms with Crippen molar-refractivity contribution < 1.29 is 89.4 Å². The number of hydrogen-bond donors (Lipinski definition) is 12. The summed E-state index contributed by atoms with van der Waals surface area (Å²) in [5.41, 5.74) is 0. The summed E-state index contributed by atoms with van der Waals surface area (Å²) in [6.45, 7) is 1.48. The van der Waals surface area contributed by atoms with Gasteiger partial charge in [0.15, 0.2) is 18.9 Å². The molecule has 19 nitrogen and oxygen atoms in total. The molecule has 3 rings (SSSR count). The van der Waals surface area contributed by atoms with Crippen LogP contribution in [0, 0.1) is 0 Å². The topological polar surface area (TPSA) is 307 Å². The average Bonchev–Trinajstić information content (AvgIpc) is 3.45. The summed E-state index contributed by atoms with van der Waals surface area (Å²) in [5, 5.41) is 120. The minimum Gasteiger partial charge on any atom is -0.394 e. The number of allylic oxidation sites excluding steroid dienone is 15. The molecule has 0 aromatic heterocycles. The van der Waals surface area contributed by atoms with Gasteiger partial charge in [-0.15, -0.1) is 0 Å². The van der Waals surface area contributed by atoms with Crippen LogP contribution in [0.25, 0.3) is 0 Å². The Labute approximate surface area is 463 Å². The van der Waals surface area contributed by atoms with E-state index in [9.17, 15) is 61.0 Å². The predicted molar refractivity (Wildman–Crippen MR) is 295 cm³/mol. The molecule has 0 bridgehead atoms. The highest BCUT2D eigenvalue weighted by molar-refractivity contribution is 5.76. The highest BCUT2D eigenvalue weighted by Gasteiger charge is 2.53. The highest BCUT2D eigenvalue weighted by atomic mass is 16.8. The van der Waals surface area contributed by atoms with Crippen molar-refractivity contribution in [3.63, 3.8) is 0 Å². The third kappa shape index (κ3) is 25.7. The van der Waals surface area contributed by atoms with Gasteiger partial charge in [0.25, 0.3) is 0 Å². The summed E-state index contributed by atoms with van der Waals surface area (Å²) in [7, 11) is 0. The lowest BCUT2D eigenvalue weighted by atomic mass is 9.96. The summed E-state index contributed by atoms with van der Waals surface area (Å²) >= 11 is 0. The SMILES string of the molecule is CC/C=C\C/C=C\C/C=C\C/C=C\C/C=C\C/C=C\CCC(=O)NC(COC1OC(CO)C(OC2OC(CO)C(OC3OC(CO)C(O)C(O)C3O)C(O)C2O)C(O)C1O)C(O)/C=C/CC/C=C/CCCCCCCCCC. The van der Waals surface area contributed by atoms with Gasteiger partial charge in [0.1, 0.15) is 73.2 Å². The Morgan fingerprint density at radius 1 is 0.474 bits per heavy atom. The lowest BCUT2D eigenvalue weighted by Gasteiger charge is -2.48. The van der Waals surface area contributed by atoms with Gasteiger partial charge in [-0.2, -0.15) is 0 Å². The first kappa shape index (κ1) is 69.0. The molecule has 446 valence electrons. The van der Waals surface area contributed by atoms with Gasteiger partial charge in [-0.05, 0) is 70.6 Å². The van der Waals surface area contributed by atoms with Crippen molar-refractivity contribution in [2.45, 2.75) is 240 Å². The molecule has 3 aliphatic heterocycles. The third-order valence-corrected chi connectivity index (χ3v) is 13.6. The molecule has 0 aromatic carbocycles. The molecule has 0 aromatic rings. The van der Waals surface area contributed by atoms with E-state index < -0.39 is 131 Å². The summed E-state index contributed by atoms with van der Waals surface area (Å²) < 4.78 is 34.1. The first-order valence-electron chi connectivity index (χ1n) is 28.5. The van der Waals surface area contributed by atoms with Gasteiger partial charge >= 0.3 is 0 Å². The fourth-order valence-electron chi connectivity index (χ4n) is 8.93. The Morgan fingerprint density at radius 3 is 1.42 bits per heavy atom. The number of aliphatic hydroxyl groups is 11. The van der Waals surface area contributed by atoms with Crippen molar-refractivity contribution in [3.8, 4) is 0 Å². The van der Waals surface area contributed by atoms with Crippen molar-refractivity contribution in [1.29, 1.82) is 0 Å². The van der Waals surface area contributed by atoms with Gasteiger partial charge in [-0.25, -0.2) is 0 Å². The molecule has 1 amide bonds. The predicted octanol–water partition coefficient (Wildman–Crippen LogP) is 4.20. The molecule has 0 saturated carbocycles. The number of aliphatic hydroxyl groups excluding tert-OH is 11. The molecule has 3 aliphatic rings. The number of carbonyl (C=O) groups excluding carboxylic acids is 1. The molecular weight excluding hydrogens is 1010 g/mol. The standard InChI is InChI=1S/C59H97NO18/c1-3-5-7-9-11-13-15-17-19-20-21-22-23-25-27-29-31-33-35-37-47(65)60-42(43(64)36-34-32-30-28-26-24-18-16-14-12-10-8-6-4-2)41-73-57-53(71)50(68)55(45(39-62)75-57)78-59-54(72)51(69)56(46(40-63)76-59)77-58-52(70)49(67)48(66)44(38-61)74-58/h5,7,11,13,17,19,21-22,25-28,31,33-34,36,42-46,48-59,61-64,66-72H,3-4,6,8-10,12,14-16,18,20,23-24,29-30,32,35,37-41H2,1-2H3,(H,60,65)/b7-5-,13-11-,19-17-,22-21-,27-25-,28-26+,33-31-,36-34+. The van der Waals surface area contributed by atoms with Gasteiger partial charge in [0, 0.05) is 6.42 Å². The molecule has 3 fully saturated rings. The largest absolute Gasteiger partial charge is 0.394 e. The number of hydrogen-bond acceptors (Lipinski definition) is 18. The van der Waals surface area contributed by atoms with Crippen LogP contribution in [-0.2, 0) is 33.2 Å². The Kier molecular flexibility index (Phi) is 36.8. The Morgan fingerprint density at radius 2 is 0.897 bits per heavy atom. The van der Waals surface area contributed by atoms with Crippen molar-refractivity contribution in [2.75, 3.05) is 26.4 Å². The lowest BCUT2D eigenvalue weighted by Crippen LogP contribution is -2.66. The monoisotopic (exact) mass is 1110 g/mol. The zero-order chi connectivity index (χ0) is 56.9. The smallest absolute Gasteiger partial charge is 0.220 e. The highest BCUT2D eigenvalue weighted by Crippen LogP contribution is 2.33. The maximum Gasteiger partial charge on any atom is 0.220 e. The fourth-order valence-corrected chi connectivity index (χ4v) is 8.93. The average molecular weight is 1110 g/mol. The van der Waals surface area contributed by atoms with Crippen molar-refractivity contribution in [3.05, 3.63) is 97.2 Å². The molecule has 0 radical (unpaired) electrons. The third-order valence-electron chi connectivity index (χ3n) is 13.6. The van der Waals surface area contributed by atoms with Crippen LogP contribution in [0.4, 0.5) is 0 Å². The number of unbranched alkanes of at least 4 members (excludes halogenated alkanes) is 9. The van der Waals surface area contributed by atoms with Crippen LogP contribution >= 0.6 is 0 Å². The minimum absolute atomic E-state index is 0.104. The zero-order valence-corrected chi connectivity index (χ0v) is 46.1. The number of nitrogens with one attached hydrogen (secondary N) is 1. The Bertz CT molecular complexity index is 1800. The maximum atomic E-state index is 13.3. The van der Waals surface area contributed by atoms with Gasteiger partial charge in [0.2, 0.25) is 5.91 Å². The Balaban J connectivity index is 1.56. The van der Waals surface area contributed by atoms with Crippen LogP contribution in [0.15, 0.2) is 97.2 Å². The Hall–Kier alpha value is -3.29. The quantitative estimate of drug-likeness (QED) is 0.0303. The lowest BCUT2D eigenvalue weighted by molar-refractivity contribution is -0.379. The van der Waals surface area contributed by atoms with E-state index in [4.69, 9.17) is 28.4 Å². The summed E-state index contributed by atoms with van der Waals surface area (Å²) in [4.78, 5) is 13.3. The van der Waals surface area contributed by atoms with E-state index in [2.05, 4.69) is 92.1 Å². The number of amides is 1. The van der Waals surface area contributed by atoms with Gasteiger partial charge < -0.3 is 89.9 Å². The summed E-state index contributed by atoms with van der Waals surface area (Å²) in [5.74, 6) is -0.374. The van der Waals surface area contributed by atoms with Crippen LogP contribution in [0.5, 0.6) is 0 Å². The zero-order valence-electron chi connectivity index (χ0n) is 46.1. The van der Waals surface area contributed by atoms with E-state index >= 15 is 0 Å². The minimum atomic E-state index is -1.99. The van der Waals surface area contributed by atoms with Gasteiger partial charge in [-0.3, -0.25) is 4.79 Å². The van der Waals surface area contributed by atoms with E-state index in [1.165, 1.54) is 44.9 Å². The second-order valence-corrected chi connectivity index (χ2v) is 20.0. The van der Waals surface area contributed by atoms with Crippen LogP contribution in [0.3, 0.4) is 0 Å². The molecule has 0 spiro atoms. The molecule has 78 heavy (non-hydrogen) atoms. The second kappa shape index (κ2) is 41.7. The molecule has 19 heteroatoms. The van der Waals surface area contributed by atoms with Crippen molar-refractivity contribution in [1.82, 2.24) is 5.32 Å². The molecular formula is C59H97NO18. The molecule has 17 unspecified atom stereocenters. The van der Waals surface area contributed by atoms with Gasteiger partial charge in [0.05, 0.1) is 38.6 Å². The molecule has 3 heterocycles. The van der Waals surface area contributed by atoms with E-state index in [0.717, 1.165) is 51.4 Å². The molecule has 17 atom stereocenters. The van der Waals surface area contributed by atoms with E-state index in [1.807, 2.05) is 18.2 Å². The molecule has 3 saturated heterocycles. The van der Waals surface area contributed by atoms with E-state index in [0.29, 0.717) is 19.3 Å². The maximum absolute atomic E-state index is 13.3. The number of carbonyl (C=O) groups is 1. The van der Waals surface area contributed by atoms with Crippen molar-refractivity contribution in [2.24, 2.45) is 0 Å².